The number of halogens is 1. The van der Waals surface area contributed by atoms with Crippen LogP contribution in [0.3, 0.4) is 0 Å². The van der Waals surface area contributed by atoms with Crippen LogP contribution in [0.25, 0.3) is 0 Å². The maximum Gasteiger partial charge on any atom is 0.296 e. The average molecular weight is 308 g/mol. The lowest BCUT2D eigenvalue weighted by molar-refractivity contribution is -0.0247. The molecule has 0 aliphatic heterocycles. The van der Waals surface area contributed by atoms with Crippen molar-refractivity contribution in [2.24, 2.45) is 5.92 Å². The third-order valence-electron chi connectivity index (χ3n) is 3.39. The highest BCUT2D eigenvalue weighted by Crippen LogP contribution is 2.32. The molecule has 0 saturated heterocycles. The van der Waals surface area contributed by atoms with Gasteiger partial charge in [0.2, 0.25) is 0 Å². The van der Waals surface area contributed by atoms with Crippen molar-refractivity contribution in [2.45, 2.75) is 50.9 Å². The lowest BCUT2D eigenvalue weighted by Crippen LogP contribution is -2.33. The van der Waals surface area contributed by atoms with Crippen molar-refractivity contribution >= 4 is 19.7 Å². The van der Waals surface area contributed by atoms with E-state index in [9.17, 15) is 8.42 Å². The fourth-order valence-corrected chi connectivity index (χ4v) is 3.42. The van der Waals surface area contributed by atoms with Crippen LogP contribution in [0.4, 0.5) is 0 Å². The minimum atomic E-state index is -3.83. The molecule has 108 valence electrons. The molecule has 1 aliphatic carbocycles. The Morgan fingerprint density at radius 3 is 2.58 bits per heavy atom. The van der Waals surface area contributed by atoms with Crippen LogP contribution in [0.2, 0.25) is 0 Å². The molecule has 8 heteroatoms. The van der Waals surface area contributed by atoms with Crippen molar-refractivity contribution in [1.82, 2.24) is 14.8 Å². The Balaban J connectivity index is 2.04. The summed E-state index contributed by atoms with van der Waals surface area (Å²) in [5, 5.41) is 7.48. The Morgan fingerprint density at radius 1 is 1.37 bits per heavy atom. The van der Waals surface area contributed by atoms with Gasteiger partial charge in [-0.05, 0) is 32.6 Å². The fraction of sp³-hybridized carbons (Fsp3) is 0.818. The summed E-state index contributed by atoms with van der Waals surface area (Å²) in [5.74, 6) is 1.17. The molecule has 0 amide bonds. The highest BCUT2D eigenvalue weighted by atomic mass is 35.7. The zero-order chi connectivity index (χ0) is 14.0. The van der Waals surface area contributed by atoms with Gasteiger partial charge in [-0.1, -0.05) is 0 Å². The quantitative estimate of drug-likeness (QED) is 0.746. The summed E-state index contributed by atoms with van der Waals surface area (Å²) in [7, 11) is 1.50. The minimum Gasteiger partial charge on any atom is -0.378 e. The van der Waals surface area contributed by atoms with Gasteiger partial charge in [0.1, 0.15) is 5.82 Å². The molecule has 0 aromatic carbocycles. The average Bonchev–Trinajstić information content (AvgIpc) is 2.68. The summed E-state index contributed by atoms with van der Waals surface area (Å²) in [6, 6.07) is 0. The molecule has 0 unspecified atom stereocenters. The molecule has 1 heterocycles. The second-order valence-corrected chi connectivity index (χ2v) is 7.16. The molecule has 0 spiro atoms. The summed E-state index contributed by atoms with van der Waals surface area (Å²) in [6.07, 6.45) is 3.04. The lowest BCUT2D eigenvalue weighted by Gasteiger charge is -2.34. The number of nitrogens with zero attached hydrogens (tertiary/aromatic N) is 3. The predicted molar refractivity (Wildman–Crippen MR) is 70.6 cm³/mol. The molecule has 1 saturated carbocycles. The second-order valence-electron chi connectivity index (χ2n) is 4.70. The van der Waals surface area contributed by atoms with Crippen LogP contribution in [0.5, 0.6) is 0 Å². The van der Waals surface area contributed by atoms with Crippen molar-refractivity contribution in [3.8, 4) is 0 Å². The molecule has 19 heavy (non-hydrogen) atoms. The molecular weight excluding hydrogens is 290 g/mol. The van der Waals surface area contributed by atoms with Crippen LogP contribution >= 0.6 is 10.7 Å². The zero-order valence-electron chi connectivity index (χ0n) is 11.0. The van der Waals surface area contributed by atoms with Gasteiger partial charge < -0.3 is 9.30 Å². The number of aromatic nitrogens is 3. The standard InChI is InChI=1S/C11H18ClN3O3S/c1-3-15-10(13-14-11(15)19(12,16)17)7-8-5-9(6-8)18-4-2/h8-9H,3-7H2,1-2H3. The first kappa shape index (κ1) is 14.7. The third-order valence-corrected chi connectivity index (χ3v) is 4.55. The van der Waals surface area contributed by atoms with E-state index in [1.54, 1.807) is 4.57 Å². The van der Waals surface area contributed by atoms with Crippen LogP contribution in [0.1, 0.15) is 32.5 Å². The van der Waals surface area contributed by atoms with Crippen LogP contribution in [0, 0.1) is 5.92 Å². The summed E-state index contributed by atoms with van der Waals surface area (Å²) in [4.78, 5) is 0. The van der Waals surface area contributed by atoms with Crippen molar-refractivity contribution in [3.05, 3.63) is 5.82 Å². The Bertz CT molecular complexity index is 537. The van der Waals surface area contributed by atoms with Crippen LogP contribution in [-0.2, 0) is 26.8 Å². The van der Waals surface area contributed by atoms with Gasteiger partial charge in [-0.25, -0.2) is 8.42 Å². The molecule has 0 atom stereocenters. The van der Waals surface area contributed by atoms with E-state index in [0.717, 1.165) is 25.9 Å². The van der Waals surface area contributed by atoms with Crippen LogP contribution in [0.15, 0.2) is 5.16 Å². The van der Waals surface area contributed by atoms with E-state index in [2.05, 4.69) is 10.2 Å². The second kappa shape index (κ2) is 5.76. The molecule has 0 N–H and O–H groups in total. The van der Waals surface area contributed by atoms with Gasteiger partial charge in [0.15, 0.2) is 0 Å². The van der Waals surface area contributed by atoms with Gasteiger partial charge in [0.05, 0.1) is 6.10 Å². The summed E-state index contributed by atoms with van der Waals surface area (Å²) in [6.45, 7) is 5.06. The first-order valence-electron chi connectivity index (χ1n) is 6.44. The monoisotopic (exact) mass is 307 g/mol. The van der Waals surface area contributed by atoms with Gasteiger partial charge >= 0.3 is 0 Å². The van der Waals surface area contributed by atoms with Gasteiger partial charge in [0, 0.05) is 30.3 Å². The smallest absolute Gasteiger partial charge is 0.296 e. The van der Waals surface area contributed by atoms with E-state index >= 15 is 0 Å². The normalized spacial score (nSPS) is 23.3. The Labute approximate surface area is 117 Å². The van der Waals surface area contributed by atoms with Gasteiger partial charge in [0.25, 0.3) is 14.2 Å². The van der Waals surface area contributed by atoms with Gasteiger partial charge in [-0.3, -0.25) is 0 Å². The van der Waals surface area contributed by atoms with Crippen molar-refractivity contribution in [2.75, 3.05) is 6.61 Å². The third kappa shape index (κ3) is 3.27. The number of hydrogen-bond donors (Lipinski definition) is 0. The molecule has 1 aromatic heterocycles. The summed E-state index contributed by atoms with van der Waals surface area (Å²) < 4.78 is 29.8. The fourth-order valence-electron chi connectivity index (χ4n) is 2.44. The molecule has 6 nitrogen and oxygen atoms in total. The van der Waals surface area contributed by atoms with Gasteiger partial charge in [-0.2, -0.15) is 0 Å². The largest absolute Gasteiger partial charge is 0.378 e. The van der Waals surface area contributed by atoms with E-state index < -0.39 is 9.05 Å². The number of rotatable bonds is 6. The van der Waals surface area contributed by atoms with Crippen molar-refractivity contribution in [1.29, 1.82) is 0 Å². The molecule has 1 fully saturated rings. The summed E-state index contributed by atoms with van der Waals surface area (Å²) >= 11 is 0. The molecule has 0 bridgehead atoms. The Hall–Kier alpha value is -0.660. The number of hydrogen-bond acceptors (Lipinski definition) is 5. The lowest BCUT2D eigenvalue weighted by atomic mass is 9.80. The molecule has 0 radical (unpaired) electrons. The van der Waals surface area contributed by atoms with E-state index in [1.807, 2.05) is 13.8 Å². The van der Waals surface area contributed by atoms with E-state index in [4.69, 9.17) is 15.4 Å². The van der Waals surface area contributed by atoms with Gasteiger partial charge in [-0.15, -0.1) is 10.2 Å². The van der Waals surface area contributed by atoms with Crippen molar-refractivity contribution < 1.29 is 13.2 Å². The van der Waals surface area contributed by atoms with E-state index in [-0.39, 0.29) is 5.16 Å². The molecule has 1 aliphatic rings. The number of ether oxygens (including phenoxy) is 1. The highest BCUT2D eigenvalue weighted by Gasteiger charge is 2.32. The minimum absolute atomic E-state index is 0.160. The molecule has 1 aromatic rings. The van der Waals surface area contributed by atoms with E-state index in [1.165, 1.54) is 0 Å². The highest BCUT2D eigenvalue weighted by molar-refractivity contribution is 8.13. The topological polar surface area (TPSA) is 74.1 Å². The first-order chi connectivity index (χ1) is 8.95. The van der Waals surface area contributed by atoms with Crippen molar-refractivity contribution in [3.63, 3.8) is 0 Å². The van der Waals surface area contributed by atoms with Crippen LogP contribution < -0.4 is 0 Å². The molecular formula is C11H18ClN3O3S. The Kier molecular flexibility index (Phi) is 4.47. The van der Waals surface area contributed by atoms with Crippen LogP contribution in [-0.4, -0.2) is 35.9 Å². The maximum absolute atomic E-state index is 11.4. The Morgan fingerprint density at radius 2 is 2.05 bits per heavy atom. The zero-order valence-corrected chi connectivity index (χ0v) is 12.6. The predicted octanol–water partition coefficient (Wildman–Crippen LogP) is 1.58. The van der Waals surface area contributed by atoms with E-state index in [0.29, 0.717) is 24.4 Å². The first-order valence-corrected chi connectivity index (χ1v) is 8.75. The maximum atomic E-state index is 11.4. The SMILES string of the molecule is CCOC1CC(Cc2nnc(S(=O)(=O)Cl)n2CC)C1. The summed E-state index contributed by atoms with van der Waals surface area (Å²) in [5.41, 5.74) is 0. The molecule has 2 rings (SSSR count).